The van der Waals surface area contributed by atoms with Crippen LogP contribution >= 0.6 is 0 Å². The van der Waals surface area contributed by atoms with Gasteiger partial charge in [-0.3, -0.25) is 4.72 Å². The lowest BCUT2D eigenvalue weighted by molar-refractivity contribution is 0.0697. The molecule has 3 aromatic rings. The maximum atomic E-state index is 12.9. The van der Waals surface area contributed by atoms with Crippen molar-refractivity contribution in [2.75, 3.05) is 40.7 Å². The molecular formula is C25H27N3O4S. The predicted octanol–water partition coefficient (Wildman–Crippen LogP) is 4.13. The number of piperazine rings is 1. The molecule has 8 heteroatoms. The normalized spacial score (nSPS) is 14.2. The largest absolute Gasteiger partial charge is 0.478 e. The third-order valence-corrected chi connectivity index (χ3v) is 7.46. The number of carboxylic acid groups (broad SMARTS) is 1. The molecule has 0 bridgehead atoms. The molecule has 1 heterocycles. The summed E-state index contributed by atoms with van der Waals surface area (Å²) in [5, 5.41) is 9.44. The summed E-state index contributed by atoms with van der Waals surface area (Å²) in [6.07, 6.45) is 0. The second-order valence-corrected chi connectivity index (χ2v) is 9.83. The number of benzene rings is 3. The predicted molar refractivity (Wildman–Crippen MR) is 131 cm³/mol. The van der Waals surface area contributed by atoms with Gasteiger partial charge in [-0.25, -0.2) is 13.2 Å². The quantitative estimate of drug-likeness (QED) is 0.569. The first-order valence-electron chi connectivity index (χ1n) is 10.8. The minimum Gasteiger partial charge on any atom is -0.478 e. The number of nitrogens with zero attached hydrogens (tertiary/aromatic N) is 2. The van der Waals surface area contributed by atoms with E-state index in [0.717, 1.165) is 13.1 Å². The summed E-state index contributed by atoms with van der Waals surface area (Å²) in [6.45, 7) is 7.13. The molecule has 3 aromatic carbocycles. The molecule has 0 spiro atoms. The summed E-state index contributed by atoms with van der Waals surface area (Å²) in [6, 6.07) is 18.9. The zero-order valence-electron chi connectivity index (χ0n) is 18.7. The average Bonchev–Trinajstić information content (AvgIpc) is 2.81. The second-order valence-electron chi connectivity index (χ2n) is 8.15. The van der Waals surface area contributed by atoms with E-state index in [0.29, 0.717) is 18.8 Å². The van der Waals surface area contributed by atoms with Crippen LogP contribution in [0.15, 0.2) is 71.6 Å². The molecule has 33 heavy (non-hydrogen) atoms. The van der Waals surface area contributed by atoms with E-state index in [1.54, 1.807) is 24.3 Å². The monoisotopic (exact) mass is 465 g/mol. The van der Waals surface area contributed by atoms with Crippen molar-refractivity contribution in [3.63, 3.8) is 0 Å². The van der Waals surface area contributed by atoms with Crippen LogP contribution in [0.1, 0.15) is 21.5 Å². The summed E-state index contributed by atoms with van der Waals surface area (Å²) >= 11 is 0. The van der Waals surface area contributed by atoms with Gasteiger partial charge in [0.25, 0.3) is 10.0 Å². The van der Waals surface area contributed by atoms with Crippen LogP contribution in [0.5, 0.6) is 0 Å². The van der Waals surface area contributed by atoms with Crippen molar-refractivity contribution in [1.29, 1.82) is 0 Å². The molecule has 1 aliphatic rings. The van der Waals surface area contributed by atoms with E-state index >= 15 is 0 Å². The van der Waals surface area contributed by atoms with Crippen LogP contribution in [0.25, 0.3) is 0 Å². The molecule has 0 unspecified atom stereocenters. The Labute approximate surface area is 194 Å². The Morgan fingerprint density at radius 3 is 2.12 bits per heavy atom. The van der Waals surface area contributed by atoms with Crippen LogP contribution in [-0.4, -0.2) is 45.7 Å². The van der Waals surface area contributed by atoms with Gasteiger partial charge in [0.05, 0.1) is 21.8 Å². The number of nitrogens with one attached hydrogen (secondary N) is 1. The van der Waals surface area contributed by atoms with Gasteiger partial charge < -0.3 is 14.9 Å². The molecule has 2 N–H and O–H groups in total. The van der Waals surface area contributed by atoms with Crippen molar-refractivity contribution in [2.45, 2.75) is 18.7 Å². The Morgan fingerprint density at radius 1 is 0.848 bits per heavy atom. The molecule has 0 aromatic heterocycles. The van der Waals surface area contributed by atoms with Crippen molar-refractivity contribution < 1.29 is 18.3 Å². The van der Waals surface area contributed by atoms with Gasteiger partial charge in [-0.05, 0) is 61.4 Å². The molecule has 1 saturated heterocycles. The van der Waals surface area contributed by atoms with Gasteiger partial charge in [-0.2, -0.15) is 0 Å². The number of hydrogen-bond donors (Lipinski definition) is 2. The molecule has 4 rings (SSSR count). The van der Waals surface area contributed by atoms with Crippen molar-refractivity contribution in [1.82, 2.24) is 0 Å². The summed E-state index contributed by atoms with van der Waals surface area (Å²) in [7, 11) is -3.86. The summed E-state index contributed by atoms with van der Waals surface area (Å²) in [5.74, 6) is -1.11. The zero-order chi connectivity index (χ0) is 23.6. The second kappa shape index (κ2) is 9.15. The van der Waals surface area contributed by atoms with Crippen molar-refractivity contribution >= 4 is 33.1 Å². The van der Waals surface area contributed by atoms with Gasteiger partial charge in [0.15, 0.2) is 0 Å². The van der Waals surface area contributed by atoms with Crippen LogP contribution in [0.2, 0.25) is 0 Å². The molecule has 7 nitrogen and oxygen atoms in total. The Morgan fingerprint density at radius 2 is 1.48 bits per heavy atom. The van der Waals surface area contributed by atoms with Gasteiger partial charge in [-0.1, -0.05) is 30.3 Å². The Bertz CT molecular complexity index is 1270. The fraction of sp³-hybridized carbons (Fsp3) is 0.240. The van der Waals surface area contributed by atoms with E-state index < -0.39 is 16.0 Å². The molecule has 0 saturated carbocycles. The molecule has 1 aliphatic heterocycles. The fourth-order valence-electron chi connectivity index (χ4n) is 4.10. The highest BCUT2D eigenvalue weighted by Gasteiger charge is 2.24. The molecule has 172 valence electrons. The number of sulfonamides is 1. The number of anilines is 3. The summed E-state index contributed by atoms with van der Waals surface area (Å²) in [4.78, 5) is 16.1. The zero-order valence-corrected chi connectivity index (χ0v) is 19.5. The van der Waals surface area contributed by atoms with Gasteiger partial charge >= 0.3 is 5.97 Å². The van der Waals surface area contributed by atoms with Crippen LogP contribution < -0.4 is 14.5 Å². The lowest BCUT2D eigenvalue weighted by Crippen LogP contribution is -2.47. The van der Waals surface area contributed by atoms with E-state index in [9.17, 15) is 18.3 Å². The third-order valence-electron chi connectivity index (χ3n) is 6.08. The minimum atomic E-state index is -3.86. The van der Waals surface area contributed by atoms with Gasteiger partial charge in [0.1, 0.15) is 0 Å². The van der Waals surface area contributed by atoms with E-state index in [4.69, 9.17) is 0 Å². The van der Waals surface area contributed by atoms with Crippen LogP contribution in [0.4, 0.5) is 17.1 Å². The lowest BCUT2D eigenvalue weighted by atomic mass is 10.1. The third kappa shape index (κ3) is 4.80. The SMILES string of the molecule is Cc1cccc(N2CCN(c3ccc(C(=O)O)cc3NS(=O)(=O)c3ccccc3)CC2)c1C. The topological polar surface area (TPSA) is 89.9 Å². The highest BCUT2D eigenvalue weighted by molar-refractivity contribution is 7.92. The minimum absolute atomic E-state index is 0.0264. The van der Waals surface area contributed by atoms with Crippen molar-refractivity contribution in [3.8, 4) is 0 Å². The fourth-order valence-corrected chi connectivity index (χ4v) is 5.18. The standard InChI is InChI=1S/C25H27N3O4S/c1-18-7-6-10-23(19(18)2)27-13-15-28(16-14-27)24-12-11-20(25(29)30)17-22(24)26-33(31,32)21-8-4-3-5-9-21/h3-12,17,26H,13-16H2,1-2H3,(H,29,30). The number of aromatic carboxylic acids is 1. The Balaban J connectivity index is 1.60. The Kier molecular flexibility index (Phi) is 6.29. The number of hydrogen-bond acceptors (Lipinski definition) is 5. The number of carbonyl (C=O) groups is 1. The van der Waals surface area contributed by atoms with E-state index in [1.807, 2.05) is 0 Å². The number of aryl methyl sites for hydroxylation is 1. The summed E-state index contributed by atoms with van der Waals surface area (Å²) < 4.78 is 28.5. The van der Waals surface area contributed by atoms with Gasteiger partial charge in [0, 0.05) is 31.9 Å². The first-order valence-corrected chi connectivity index (χ1v) is 12.3. The van der Waals surface area contributed by atoms with Crippen LogP contribution in [-0.2, 0) is 10.0 Å². The van der Waals surface area contributed by atoms with Gasteiger partial charge in [0.2, 0.25) is 0 Å². The van der Waals surface area contributed by atoms with E-state index in [1.165, 1.54) is 41.1 Å². The van der Waals surface area contributed by atoms with Crippen molar-refractivity contribution in [2.24, 2.45) is 0 Å². The first kappa shape index (κ1) is 22.7. The average molecular weight is 466 g/mol. The smallest absolute Gasteiger partial charge is 0.335 e. The Hall–Kier alpha value is -3.52. The lowest BCUT2D eigenvalue weighted by Gasteiger charge is -2.39. The van der Waals surface area contributed by atoms with Crippen molar-refractivity contribution in [3.05, 3.63) is 83.4 Å². The van der Waals surface area contributed by atoms with E-state index in [2.05, 4.69) is 46.6 Å². The highest BCUT2D eigenvalue weighted by atomic mass is 32.2. The van der Waals surface area contributed by atoms with Gasteiger partial charge in [-0.15, -0.1) is 0 Å². The molecule has 0 aliphatic carbocycles. The highest BCUT2D eigenvalue weighted by Crippen LogP contribution is 2.32. The number of rotatable bonds is 6. The number of carboxylic acids is 1. The molecule has 0 atom stereocenters. The first-order chi connectivity index (χ1) is 15.8. The molecule has 0 amide bonds. The maximum Gasteiger partial charge on any atom is 0.335 e. The molecular weight excluding hydrogens is 438 g/mol. The molecule has 1 fully saturated rings. The molecule has 0 radical (unpaired) electrons. The summed E-state index contributed by atoms with van der Waals surface area (Å²) in [5.41, 5.74) is 4.67. The van der Waals surface area contributed by atoms with E-state index in [-0.39, 0.29) is 16.1 Å². The van der Waals surface area contributed by atoms with Crippen LogP contribution in [0.3, 0.4) is 0 Å². The van der Waals surface area contributed by atoms with Crippen LogP contribution in [0, 0.1) is 13.8 Å². The maximum absolute atomic E-state index is 12.9.